The molecule has 122 valence electrons. The predicted octanol–water partition coefficient (Wildman–Crippen LogP) is 1.73. The maximum Gasteiger partial charge on any atom is 0.236 e. The lowest BCUT2D eigenvalue weighted by atomic mass is 10.1. The minimum atomic E-state index is -0.295. The molecule has 0 saturated carbocycles. The second-order valence-electron chi connectivity index (χ2n) is 5.58. The predicted molar refractivity (Wildman–Crippen MR) is 82.7 cm³/mol. The molecule has 1 fully saturated rings. The van der Waals surface area contributed by atoms with Gasteiger partial charge in [-0.2, -0.15) is 5.26 Å². The molecule has 0 unspecified atom stereocenters. The lowest BCUT2D eigenvalue weighted by Crippen LogP contribution is -2.37. The largest absolute Gasteiger partial charge is 0.341 e. The Morgan fingerprint density at radius 3 is 2.48 bits per heavy atom. The zero-order chi connectivity index (χ0) is 16.7. The highest BCUT2D eigenvalue weighted by molar-refractivity contribution is 5.79. The summed E-state index contributed by atoms with van der Waals surface area (Å²) in [6, 6.07) is 8.13. The number of halogens is 1. The molecule has 5 nitrogen and oxygen atoms in total. The zero-order valence-electron chi connectivity index (χ0n) is 13.0. The van der Waals surface area contributed by atoms with E-state index < -0.39 is 0 Å². The van der Waals surface area contributed by atoms with Crippen molar-refractivity contribution in [2.45, 2.75) is 25.7 Å². The van der Waals surface area contributed by atoms with E-state index in [1.807, 2.05) is 6.07 Å². The van der Waals surface area contributed by atoms with Crippen molar-refractivity contribution >= 4 is 11.8 Å². The van der Waals surface area contributed by atoms with Gasteiger partial charge in [-0.25, -0.2) is 4.39 Å². The molecule has 0 bridgehead atoms. The molecule has 0 aliphatic carbocycles. The van der Waals surface area contributed by atoms with Crippen LogP contribution in [0.3, 0.4) is 0 Å². The summed E-state index contributed by atoms with van der Waals surface area (Å²) in [4.78, 5) is 27.4. The van der Waals surface area contributed by atoms with Gasteiger partial charge in [-0.1, -0.05) is 12.1 Å². The molecule has 6 heteroatoms. The van der Waals surface area contributed by atoms with E-state index in [9.17, 15) is 14.0 Å². The number of nitrogens with zero attached hydrogens (tertiary/aromatic N) is 3. The van der Waals surface area contributed by atoms with Crippen LogP contribution in [0.2, 0.25) is 0 Å². The van der Waals surface area contributed by atoms with Crippen LogP contribution in [0.5, 0.6) is 0 Å². The average Bonchev–Trinajstić information content (AvgIpc) is 2.79. The van der Waals surface area contributed by atoms with Crippen LogP contribution in [0.1, 0.15) is 24.8 Å². The first kappa shape index (κ1) is 16.9. The van der Waals surface area contributed by atoms with Crippen LogP contribution in [0.25, 0.3) is 0 Å². The number of carbonyl (C=O) groups is 2. The van der Waals surface area contributed by atoms with Crippen LogP contribution in [0.15, 0.2) is 24.3 Å². The van der Waals surface area contributed by atoms with Crippen LogP contribution in [-0.4, -0.2) is 47.8 Å². The summed E-state index contributed by atoms with van der Waals surface area (Å²) >= 11 is 0. The van der Waals surface area contributed by atoms with E-state index in [-0.39, 0.29) is 24.1 Å². The third kappa shape index (κ3) is 5.06. The smallest absolute Gasteiger partial charge is 0.236 e. The van der Waals surface area contributed by atoms with Crippen LogP contribution >= 0.6 is 0 Å². The summed E-state index contributed by atoms with van der Waals surface area (Å²) in [5, 5.41) is 8.59. The molecule has 1 heterocycles. The maximum atomic E-state index is 13.1. The van der Waals surface area contributed by atoms with E-state index >= 15 is 0 Å². The summed E-state index contributed by atoms with van der Waals surface area (Å²) < 4.78 is 13.1. The van der Waals surface area contributed by atoms with Gasteiger partial charge in [0, 0.05) is 32.6 Å². The third-order valence-electron chi connectivity index (χ3n) is 3.95. The Kier molecular flexibility index (Phi) is 6.10. The lowest BCUT2D eigenvalue weighted by Gasteiger charge is -2.21. The van der Waals surface area contributed by atoms with Crippen molar-refractivity contribution in [2.75, 3.05) is 26.2 Å². The second kappa shape index (κ2) is 8.28. The van der Waals surface area contributed by atoms with Crippen LogP contribution < -0.4 is 0 Å². The van der Waals surface area contributed by atoms with Crippen molar-refractivity contribution in [3.63, 3.8) is 0 Å². The van der Waals surface area contributed by atoms with Gasteiger partial charge in [-0.3, -0.25) is 9.59 Å². The number of rotatable bonds is 4. The monoisotopic (exact) mass is 317 g/mol. The molecular formula is C17H20FN3O2. The fourth-order valence-electron chi connectivity index (χ4n) is 2.70. The molecule has 0 radical (unpaired) electrons. The Bertz CT molecular complexity index is 612. The number of amides is 2. The van der Waals surface area contributed by atoms with Crippen molar-refractivity contribution in [3.05, 3.63) is 35.6 Å². The number of aryl methyl sites for hydroxylation is 1. The Hall–Kier alpha value is -2.42. The van der Waals surface area contributed by atoms with Crippen LogP contribution in [-0.2, 0) is 16.0 Å². The second-order valence-corrected chi connectivity index (χ2v) is 5.58. The lowest BCUT2D eigenvalue weighted by molar-refractivity contribution is -0.133. The van der Waals surface area contributed by atoms with E-state index in [2.05, 4.69) is 0 Å². The topological polar surface area (TPSA) is 64.4 Å². The Morgan fingerprint density at radius 1 is 1.13 bits per heavy atom. The summed E-state index contributed by atoms with van der Waals surface area (Å²) in [6.07, 6.45) is 1.43. The highest BCUT2D eigenvalue weighted by atomic mass is 19.1. The fraction of sp³-hybridized carbons (Fsp3) is 0.471. The minimum absolute atomic E-state index is 0.0174. The summed E-state index contributed by atoms with van der Waals surface area (Å²) in [6.45, 7) is 2.14. The Labute approximate surface area is 135 Å². The van der Waals surface area contributed by atoms with Gasteiger partial charge in [0.1, 0.15) is 12.2 Å². The number of carbonyl (C=O) groups excluding carboxylic acids is 2. The number of hydrogen-bond donors (Lipinski definition) is 0. The highest BCUT2D eigenvalue weighted by Gasteiger charge is 2.21. The van der Waals surface area contributed by atoms with Gasteiger partial charge in [-0.15, -0.1) is 0 Å². The first-order chi connectivity index (χ1) is 11.1. The highest BCUT2D eigenvalue weighted by Crippen LogP contribution is 2.10. The third-order valence-corrected chi connectivity index (χ3v) is 3.95. The fourth-order valence-corrected chi connectivity index (χ4v) is 2.70. The summed E-state index contributed by atoms with van der Waals surface area (Å²) in [5.41, 5.74) is 0.805. The molecule has 1 aliphatic rings. The van der Waals surface area contributed by atoms with Crippen LogP contribution in [0.4, 0.5) is 4.39 Å². The van der Waals surface area contributed by atoms with Crippen LogP contribution in [0, 0.1) is 17.1 Å². The molecule has 0 aromatic heterocycles. The molecule has 23 heavy (non-hydrogen) atoms. The van der Waals surface area contributed by atoms with Gasteiger partial charge in [-0.05, 0) is 30.5 Å². The Balaban J connectivity index is 1.83. The minimum Gasteiger partial charge on any atom is -0.341 e. The molecule has 0 spiro atoms. The number of benzene rings is 1. The van der Waals surface area contributed by atoms with E-state index in [0.29, 0.717) is 45.4 Å². The van der Waals surface area contributed by atoms with E-state index in [4.69, 9.17) is 5.26 Å². The maximum absolute atomic E-state index is 13.1. The molecule has 2 amide bonds. The van der Waals surface area contributed by atoms with E-state index in [1.165, 1.54) is 12.1 Å². The zero-order valence-corrected chi connectivity index (χ0v) is 13.0. The van der Waals surface area contributed by atoms with Gasteiger partial charge in [0.25, 0.3) is 0 Å². The van der Waals surface area contributed by atoms with Crippen molar-refractivity contribution in [1.29, 1.82) is 5.26 Å². The normalized spacial score (nSPS) is 15.0. The van der Waals surface area contributed by atoms with Gasteiger partial charge in [0.05, 0.1) is 6.07 Å². The average molecular weight is 317 g/mol. The molecule has 1 aromatic carbocycles. The van der Waals surface area contributed by atoms with E-state index in [1.54, 1.807) is 21.9 Å². The standard InChI is InChI=1S/C17H20FN3O2/c18-15-4-1-3-14(13-15)5-6-16(22)20-9-2-10-21(12-11-20)17(23)7-8-19/h1,3-4,13H,2,5-7,9-12H2. The van der Waals surface area contributed by atoms with Gasteiger partial charge in [0.15, 0.2) is 0 Å². The van der Waals surface area contributed by atoms with Gasteiger partial charge < -0.3 is 9.80 Å². The van der Waals surface area contributed by atoms with Gasteiger partial charge >= 0.3 is 0 Å². The summed E-state index contributed by atoms with van der Waals surface area (Å²) in [7, 11) is 0. The van der Waals surface area contributed by atoms with Crippen molar-refractivity contribution in [1.82, 2.24) is 9.80 Å². The molecule has 0 N–H and O–H groups in total. The molecule has 0 atom stereocenters. The van der Waals surface area contributed by atoms with Crippen molar-refractivity contribution in [2.24, 2.45) is 0 Å². The molecule has 1 aromatic rings. The first-order valence-electron chi connectivity index (χ1n) is 7.77. The quantitative estimate of drug-likeness (QED) is 0.849. The first-order valence-corrected chi connectivity index (χ1v) is 7.77. The Morgan fingerprint density at radius 2 is 1.83 bits per heavy atom. The SMILES string of the molecule is N#CCC(=O)N1CCCN(C(=O)CCc2cccc(F)c2)CC1. The van der Waals surface area contributed by atoms with E-state index in [0.717, 1.165) is 5.56 Å². The molecule has 2 rings (SSSR count). The molecule has 1 saturated heterocycles. The summed E-state index contributed by atoms with van der Waals surface area (Å²) in [5.74, 6) is -0.457. The molecule has 1 aliphatic heterocycles. The number of nitriles is 1. The van der Waals surface area contributed by atoms with Crippen molar-refractivity contribution < 1.29 is 14.0 Å². The number of hydrogen-bond acceptors (Lipinski definition) is 3. The van der Waals surface area contributed by atoms with Crippen molar-refractivity contribution in [3.8, 4) is 6.07 Å². The van der Waals surface area contributed by atoms with Gasteiger partial charge in [0.2, 0.25) is 11.8 Å². The molecular weight excluding hydrogens is 297 g/mol.